The normalized spacial score (nSPS) is 25.5. The molecule has 0 radical (unpaired) electrons. The standard InChI is InChI=1S/C13H24N2O4/c1-12(2,3)19-11(18)14-13(10(16)17)6-5-8-15(4)9-7-13/h5-9H2,1-4H3,(H,14,18)(H,16,17). The van der Waals surface area contributed by atoms with Crippen LogP contribution >= 0.6 is 0 Å². The Morgan fingerprint density at radius 2 is 1.89 bits per heavy atom. The van der Waals surface area contributed by atoms with Gasteiger partial charge in [0.05, 0.1) is 0 Å². The van der Waals surface area contributed by atoms with Crippen molar-refractivity contribution in [3.63, 3.8) is 0 Å². The van der Waals surface area contributed by atoms with Crippen LogP contribution in [0.4, 0.5) is 4.79 Å². The molecule has 0 aromatic rings. The molecule has 1 aliphatic rings. The molecule has 1 amide bonds. The number of rotatable bonds is 2. The number of amides is 1. The van der Waals surface area contributed by atoms with Crippen molar-refractivity contribution in [1.29, 1.82) is 0 Å². The molecule has 2 N–H and O–H groups in total. The minimum Gasteiger partial charge on any atom is -0.480 e. The topological polar surface area (TPSA) is 78.9 Å². The molecule has 0 aliphatic carbocycles. The van der Waals surface area contributed by atoms with Gasteiger partial charge in [-0.05, 0) is 53.6 Å². The summed E-state index contributed by atoms with van der Waals surface area (Å²) in [4.78, 5) is 25.4. The summed E-state index contributed by atoms with van der Waals surface area (Å²) in [6.45, 7) is 6.73. The summed E-state index contributed by atoms with van der Waals surface area (Å²) < 4.78 is 5.16. The second-order valence-electron chi connectivity index (χ2n) is 6.17. The summed E-state index contributed by atoms with van der Waals surface area (Å²) in [5.41, 5.74) is -1.85. The Balaban J connectivity index is 2.77. The van der Waals surface area contributed by atoms with E-state index in [0.29, 0.717) is 19.4 Å². The molecule has 1 heterocycles. The van der Waals surface area contributed by atoms with Crippen molar-refractivity contribution in [3.05, 3.63) is 0 Å². The maximum atomic E-state index is 11.8. The van der Waals surface area contributed by atoms with E-state index in [4.69, 9.17) is 4.74 Å². The quantitative estimate of drug-likeness (QED) is 0.795. The van der Waals surface area contributed by atoms with E-state index in [0.717, 1.165) is 13.0 Å². The zero-order chi connectivity index (χ0) is 14.7. The Hall–Kier alpha value is -1.30. The van der Waals surface area contributed by atoms with Gasteiger partial charge in [0, 0.05) is 6.54 Å². The van der Waals surface area contributed by atoms with Crippen LogP contribution in [0.5, 0.6) is 0 Å². The van der Waals surface area contributed by atoms with Gasteiger partial charge in [0.25, 0.3) is 0 Å². The number of alkyl carbamates (subject to hydrolysis) is 1. The van der Waals surface area contributed by atoms with Crippen molar-refractivity contribution in [2.45, 2.75) is 51.2 Å². The molecule has 19 heavy (non-hydrogen) atoms. The van der Waals surface area contributed by atoms with Crippen molar-refractivity contribution in [2.24, 2.45) is 0 Å². The highest BCUT2D eigenvalue weighted by Gasteiger charge is 2.41. The van der Waals surface area contributed by atoms with E-state index >= 15 is 0 Å². The van der Waals surface area contributed by atoms with Crippen LogP contribution in [0.3, 0.4) is 0 Å². The van der Waals surface area contributed by atoms with Crippen molar-refractivity contribution in [1.82, 2.24) is 10.2 Å². The van der Waals surface area contributed by atoms with Gasteiger partial charge in [-0.25, -0.2) is 9.59 Å². The van der Waals surface area contributed by atoms with Gasteiger partial charge >= 0.3 is 12.1 Å². The highest BCUT2D eigenvalue weighted by molar-refractivity contribution is 5.84. The van der Waals surface area contributed by atoms with Gasteiger partial charge in [0.1, 0.15) is 11.1 Å². The highest BCUT2D eigenvalue weighted by Crippen LogP contribution is 2.23. The van der Waals surface area contributed by atoms with E-state index < -0.39 is 23.2 Å². The number of likely N-dealkylation sites (tertiary alicyclic amines) is 1. The van der Waals surface area contributed by atoms with E-state index in [1.165, 1.54) is 0 Å². The molecule has 6 heteroatoms. The number of hydrogen-bond donors (Lipinski definition) is 2. The summed E-state index contributed by atoms with van der Waals surface area (Å²) >= 11 is 0. The molecule has 1 aliphatic heterocycles. The van der Waals surface area contributed by atoms with Crippen LogP contribution in [0.1, 0.15) is 40.0 Å². The first kappa shape index (κ1) is 15.8. The zero-order valence-electron chi connectivity index (χ0n) is 12.2. The van der Waals surface area contributed by atoms with E-state index in [1.54, 1.807) is 20.8 Å². The minimum atomic E-state index is -1.22. The number of nitrogens with one attached hydrogen (secondary N) is 1. The minimum absolute atomic E-state index is 0.387. The van der Waals surface area contributed by atoms with Gasteiger partial charge < -0.3 is 20.1 Å². The largest absolute Gasteiger partial charge is 0.480 e. The predicted molar refractivity (Wildman–Crippen MR) is 71.1 cm³/mol. The molecule has 0 bridgehead atoms. The third-order valence-corrected chi connectivity index (χ3v) is 3.21. The lowest BCUT2D eigenvalue weighted by molar-refractivity contribution is -0.145. The second-order valence-corrected chi connectivity index (χ2v) is 6.17. The van der Waals surface area contributed by atoms with E-state index in [2.05, 4.69) is 10.2 Å². The first-order valence-electron chi connectivity index (χ1n) is 6.58. The van der Waals surface area contributed by atoms with Crippen molar-refractivity contribution in [3.8, 4) is 0 Å². The molecular formula is C13H24N2O4. The molecule has 1 atom stereocenters. The fraction of sp³-hybridized carbons (Fsp3) is 0.846. The Morgan fingerprint density at radius 1 is 1.26 bits per heavy atom. The lowest BCUT2D eigenvalue weighted by atomic mass is 9.91. The number of ether oxygens (including phenoxy) is 1. The molecule has 1 saturated heterocycles. The van der Waals surface area contributed by atoms with Gasteiger partial charge in [-0.3, -0.25) is 0 Å². The van der Waals surface area contributed by atoms with E-state index in [9.17, 15) is 14.7 Å². The van der Waals surface area contributed by atoms with Gasteiger partial charge in [-0.15, -0.1) is 0 Å². The molecule has 6 nitrogen and oxygen atoms in total. The molecular weight excluding hydrogens is 248 g/mol. The number of carboxylic acids is 1. The average Bonchev–Trinajstić information content (AvgIpc) is 2.39. The lowest BCUT2D eigenvalue weighted by Crippen LogP contribution is -2.55. The third-order valence-electron chi connectivity index (χ3n) is 3.21. The van der Waals surface area contributed by atoms with Gasteiger partial charge in [-0.1, -0.05) is 0 Å². The van der Waals surface area contributed by atoms with Gasteiger partial charge in [-0.2, -0.15) is 0 Å². The second kappa shape index (κ2) is 5.77. The Labute approximate surface area is 114 Å². The highest BCUT2D eigenvalue weighted by atomic mass is 16.6. The SMILES string of the molecule is CN1CCCC(NC(=O)OC(C)(C)C)(C(=O)O)CC1. The first-order chi connectivity index (χ1) is 8.65. The number of aliphatic carboxylic acids is 1. The molecule has 1 unspecified atom stereocenters. The van der Waals surface area contributed by atoms with Crippen LogP contribution in [0.25, 0.3) is 0 Å². The summed E-state index contributed by atoms with van der Waals surface area (Å²) in [7, 11) is 1.95. The maximum absolute atomic E-state index is 11.8. The number of carboxylic acid groups (broad SMARTS) is 1. The van der Waals surface area contributed by atoms with E-state index in [1.807, 2.05) is 7.05 Å². The predicted octanol–water partition coefficient (Wildman–Crippen LogP) is 1.45. The summed E-state index contributed by atoms with van der Waals surface area (Å²) in [5, 5.41) is 12.0. The number of carbonyl (C=O) groups excluding carboxylic acids is 1. The number of carbonyl (C=O) groups is 2. The van der Waals surface area contributed by atoms with Crippen molar-refractivity contribution in [2.75, 3.05) is 20.1 Å². The fourth-order valence-electron chi connectivity index (χ4n) is 2.16. The summed E-state index contributed by atoms with van der Waals surface area (Å²) in [5.74, 6) is -0.992. The van der Waals surface area contributed by atoms with E-state index in [-0.39, 0.29) is 0 Å². The molecule has 110 valence electrons. The molecule has 0 aromatic carbocycles. The monoisotopic (exact) mass is 272 g/mol. The fourth-order valence-corrected chi connectivity index (χ4v) is 2.16. The Bertz CT molecular complexity index is 351. The first-order valence-corrected chi connectivity index (χ1v) is 6.58. The smallest absolute Gasteiger partial charge is 0.408 e. The lowest BCUT2D eigenvalue weighted by Gasteiger charge is -2.30. The molecule has 1 rings (SSSR count). The van der Waals surface area contributed by atoms with Crippen LogP contribution in [0, 0.1) is 0 Å². The van der Waals surface area contributed by atoms with Gasteiger partial charge in [0.2, 0.25) is 0 Å². The maximum Gasteiger partial charge on any atom is 0.408 e. The molecule has 0 spiro atoms. The summed E-state index contributed by atoms with van der Waals surface area (Å²) in [6.07, 6.45) is 0.877. The third kappa shape index (κ3) is 4.70. The van der Waals surface area contributed by atoms with Gasteiger partial charge in [0.15, 0.2) is 0 Å². The van der Waals surface area contributed by atoms with Crippen molar-refractivity contribution < 1.29 is 19.4 Å². The summed E-state index contributed by atoms with van der Waals surface area (Å²) in [6, 6.07) is 0. The van der Waals surface area contributed by atoms with Crippen LogP contribution in [0.2, 0.25) is 0 Å². The molecule has 0 aromatic heterocycles. The Morgan fingerprint density at radius 3 is 2.42 bits per heavy atom. The Kier molecular flexibility index (Phi) is 4.79. The molecule has 1 fully saturated rings. The van der Waals surface area contributed by atoms with Crippen LogP contribution in [0.15, 0.2) is 0 Å². The number of hydrogen-bond acceptors (Lipinski definition) is 4. The average molecular weight is 272 g/mol. The van der Waals surface area contributed by atoms with Crippen LogP contribution in [-0.2, 0) is 9.53 Å². The van der Waals surface area contributed by atoms with Crippen LogP contribution < -0.4 is 5.32 Å². The zero-order valence-corrected chi connectivity index (χ0v) is 12.2. The van der Waals surface area contributed by atoms with Crippen LogP contribution in [-0.4, -0.2) is 53.3 Å². The molecule has 0 saturated carbocycles. The van der Waals surface area contributed by atoms with Crippen molar-refractivity contribution >= 4 is 12.1 Å². The number of nitrogens with zero attached hydrogens (tertiary/aromatic N) is 1.